The van der Waals surface area contributed by atoms with E-state index >= 15 is 0 Å². The molecule has 14 nitrogen and oxygen atoms in total. The maximum Gasteiger partial charge on any atom is 0.356 e. The predicted molar refractivity (Wildman–Crippen MR) is 187 cm³/mol. The van der Waals surface area contributed by atoms with E-state index in [0.717, 1.165) is 10.5 Å². The number of nitrogens with two attached hydrogens (primary N) is 1. The van der Waals surface area contributed by atoms with Crippen LogP contribution in [0.2, 0.25) is 0 Å². The maximum absolute atomic E-state index is 12.7. The number of carboxylic acid groups (broad SMARTS) is 1. The number of fused-ring (bicyclic) bond motifs is 2. The summed E-state index contributed by atoms with van der Waals surface area (Å²) in [5.74, 6) is -2.95. The van der Waals surface area contributed by atoms with E-state index in [9.17, 15) is 33.9 Å². The normalized spacial score (nSPS) is 23.5. The van der Waals surface area contributed by atoms with Gasteiger partial charge in [0.15, 0.2) is 0 Å². The molecule has 264 valence electrons. The van der Waals surface area contributed by atoms with Crippen molar-refractivity contribution in [2.45, 2.75) is 34.9 Å². The lowest BCUT2D eigenvalue weighted by molar-refractivity contribution is -0.151. The van der Waals surface area contributed by atoms with E-state index in [2.05, 4.69) is 16.0 Å². The van der Waals surface area contributed by atoms with E-state index in [0.29, 0.717) is 11.3 Å². The first-order chi connectivity index (χ1) is 23.9. The molecule has 2 aromatic rings. The molecule has 0 radical (unpaired) electrons. The summed E-state index contributed by atoms with van der Waals surface area (Å²) in [5, 5.41) is 17.1. The molecule has 4 aliphatic heterocycles. The monoisotopic (exact) mass is 762 g/mol. The van der Waals surface area contributed by atoms with Gasteiger partial charge in [-0.05, 0) is 18.2 Å². The molecule has 4 heterocycles. The maximum atomic E-state index is 12.7. The van der Waals surface area contributed by atoms with Crippen LogP contribution < -0.4 is 21.7 Å². The number of carboxylic acids is 1. The van der Waals surface area contributed by atoms with Gasteiger partial charge in [-0.1, -0.05) is 83.9 Å². The molecule has 6 unspecified atom stereocenters. The number of aliphatic carboxylic acids is 1. The van der Waals surface area contributed by atoms with Crippen molar-refractivity contribution in [2.75, 3.05) is 25.7 Å². The van der Waals surface area contributed by atoms with Crippen LogP contribution >= 0.6 is 46.7 Å². The number of ether oxygens (including phenoxy) is 1. The van der Waals surface area contributed by atoms with Gasteiger partial charge in [0.1, 0.15) is 46.3 Å². The molecule has 2 fully saturated rings. The SMILES string of the molecule is CNC(C(=O)NC1C(=O)N2C(C(=O)OC)=C(Cl)CSC12)c1ccccc1.NC(C(=O)NC1C(=O)N2C(C(=O)O)=C(Cl)CSC12)c1ccccc1. The standard InChI is InChI=1S/C17H18ClN3O4S.C15H14ClN3O4S/c1-19-11(9-6-4-3-5-7-9)14(22)20-12-15(23)21-13(17(24)25-2)10(18)8-26-16(12)21;16-8-6-24-14-10(13(21)19(14)11(8)15(22)23)18-12(20)9(17)7-4-2-1-3-5-7/h3-7,11-12,16,19H,8H2,1-2H3,(H,20,22);1-5,9-10,14H,6,17H2,(H,18,20)(H,22,23). The number of rotatable bonds is 9. The number of methoxy groups -OCH3 is 1. The first kappa shape index (κ1) is 37.2. The number of halogens is 2. The third-order valence-corrected chi connectivity index (χ3v) is 11.6. The predicted octanol–water partition coefficient (Wildman–Crippen LogP) is 1.59. The van der Waals surface area contributed by atoms with Crippen molar-refractivity contribution in [3.05, 3.63) is 93.2 Å². The van der Waals surface area contributed by atoms with Gasteiger partial charge >= 0.3 is 11.9 Å². The number of carbonyl (C=O) groups is 6. The van der Waals surface area contributed by atoms with Gasteiger partial charge < -0.3 is 31.5 Å². The molecule has 6 N–H and O–H groups in total. The Labute approximate surface area is 305 Å². The number of thioether (sulfide) groups is 2. The minimum atomic E-state index is -1.26. The lowest BCUT2D eigenvalue weighted by Gasteiger charge is -2.49. The summed E-state index contributed by atoms with van der Waals surface area (Å²) in [5.41, 5.74) is 7.17. The number of hydrogen-bond acceptors (Lipinski definition) is 11. The minimum absolute atomic E-state index is 0.0571. The van der Waals surface area contributed by atoms with Gasteiger partial charge in [0.25, 0.3) is 11.8 Å². The van der Waals surface area contributed by atoms with Crippen molar-refractivity contribution < 1.29 is 38.6 Å². The molecule has 0 bridgehead atoms. The molecule has 4 amide bonds. The number of nitrogens with one attached hydrogen (secondary N) is 3. The van der Waals surface area contributed by atoms with Crippen LogP contribution in [0.15, 0.2) is 82.1 Å². The highest BCUT2D eigenvalue weighted by molar-refractivity contribution is 8.00. The Morgan fingerprint density at radius 2 is 1.28 bits per heavy atom. The smallest absolute Gasteiger partial charge is 0.356 e. The quantitative estimate of drug-likeness (QED) is 0.183. The summed E-state index contributed by atoms with van der Waals surface area (Å²) in [6.07, 6.45) is 0. The molecular formula is C32H32Cl2N6O8S2. The summed E-state index contributed by atoms with van der Waals surface area (Å²) < 4.78 is 4.71. The number of carbonyl (C=O) groups excluding carboxylic acids is 5. The van der Waals surface area contributed by atoms with Crippen molar-refractivity contribution in [1.29, 1.82) is 0 Å². The first-order valence-electron chi connectivity index (χ1n) is 15.0. The van der Waals surface area contributed by atoms with E-state index in [1.807, 2.05) is 36.4 Å². The Hall–Kier alpha value is -4.06. The fourth-order valence-electron chi connectivity index (χ4n) is 5.64. The third kappa shape index (κ3) is 7.22. The zero-order valence-corrected chi connectivity index (χ0v) is 29.6. The lowest BCUT2D eigenvalue weighted by atomic mass is 10.0. The van der Waals surface area contributed by atoms with Crippen LogP contribution in [-0.4, -0.2) is 99.0 Å². The van der Waals surface area contributed by atoms with Crippen LogP contribution in [0.4, 0.5) is 0 Å². The molecule has 2 saturated heterocycles. The first-order valence-corrected chi connectivity index (χ1v) is 17.9. The minimum Gasteiger partial charge on any atom is -0.477 e. The molecule has 50 heavy (non-hydrogen) atoms. The van der Waals surface area contributed by atoms with Crippen LogP contribution in [0.25, 0.3) is 0 Å². The van der Waals surface area contributed by atoms with Gasteiger partial charge in [0.05, 0.1) is 17.2 Å². The number of hydrogen-bond donors (Lipinski definition) is 5. The highest BCUT2D eigenvalue weighted by atomic mass is 35.5. The largest absolute Gasteiger partial charge is 0.477 e. The zero-order chi connectivity index (χ0) is 36.3. The summed E-state index contributed by atoms with van der Waals surface area (Å²) in [6, 6.07) is 15.0. The van der Waals surface area contributed by atoms with E-state index in [1.165, 1.54) is 35.5 Å². The van der Waals surface area contributed by atoms with Gasteiger partial charge in [0.2, 0.25) is 11.8 Å². The molecular weight excluding hydrogens is 731 g/mol. The van der Waals surface area contributed by atoms with Crippen LogP contribution in [0, 0.1) is 0 Å². The number of esters is 1. The Balaban J connectivity index is 0.000000195. The Kier molecular flexibility index (Phi) is 11.8. The summed E-state index contributed by atoms with van der Waals surface area (Å²) in [4.78, 5) is 75.3. The summed E-state index contributed by atoms with van der Waals surface area (Å²) >= 11 is 14.7. The van der Waals surface area contributed by atoms with Crippen LogP contribution in [0.5, 0.6) is 0 Å². The van der Waals surface area contributed by atoms with Crippen LogP contribution in [0.3, 0.4) is 0 Å². The van der Waals surface area contributed by atoms with Crippen molar-refractivity contribution in [1.82, 2.24) is 25.8 Å². The second-order valence-corrected chi connectivity index (χ2v) is 14.2. The van der Waals surface area contributed by atoms with Crippen LogP contribution in [0.1, 0.15) is 23.2 Å². The van der Waals surface area contributed by atoms with Crippen LogP contribution in [-0.2, 0) is 33.5 Å². The lowest BCUT2D eigenvalue weighted by Crippen LogP contribution is -2.71. The molecule has 18 heteroatoms. The molecule has 2 aromatic carbocycles. The third-order valence-electron chi connectivity index (χ3n) is 8.15. The average Bonchev–Trinajstić information content (AvgIpc) is 3.13. The van der Waals surface area contributed by atoms with Crippen molar-refractivity contribution in [2.24, 2.45) is 5.73 Å². The van der Waals surface area contributed by atoms with Crippen molar-refractivity contribution >= 4 is 82.3 Å². The topological polar surface area (TPSA) is 200 Å². The van der Waals surface area contributed by atoms with Gasteiger partial charge in [-0.3, -0.25) is 29.0 Å². The second kappa shape index (κ2) is 15.9. The molecule has 4 aliphatic rings. The molecule has 6 atom stereocenters. The van der Waals surface area contributed by atoms with E-state index < -0.39 is 53.3 Å². The number of likely N-dealkylation sites (N-methyl/N-ethyl adjacent to an activating group) is 1. The van der Waals surface area contributed by atoms with Gasteiger partial charge in [-0.15, -0.1) is 23.5 Å². The Morgan fingerprint density at radius 1 is 0.820 bits per heavy atom. The number of amides is 4. The highest BCUT2D eigenvalue weighted by Gasteiger charge is 2.55. The Bertz CT molecular complexity index is 1770. The fraction of sp³-hybridized carbons (Fsp3) is 0.312. The fourth-order valence-corrected chi connectivity index (χ4v) is 8.73. The molecule has 6 rings (SSSR count). The molecule has 0 aromatic heterocycles. The zero-order valence-electron chi connectivity index (χ0n) is 26.5. The van der Waals surface area contributed by atoms with Gasteiger partial charge in [0, 0.05) is 11.5 Å². The summed E-state index contributed by atoms with van der Waals surface area (Å²) in [6.45, 7) is 0. The molecule has 0 aliphatic carbocycles. The van der Waals surface area contributed by atoms with Gasteiger partial charge in [-0.2, -0.15) is 0 Å². The van der Waals surface area contributed by atoms with Crippen molar-refractivity contribution in [3.63, 3.8) is 0 Å². The summed E-state index contributed by atoms with van der Waals surface area (Å²) in [7, 11) is 2.91. The number of β-lactam (4-membered cyclic amide) rings is 2. The molecule has 0 spiro atoms. The van der Waals surface area contributed by atoms with Crippen molar-refractivity contribution in [3.8, 4) is 0 Å². The van der Waals surface area contributed by atoms with E-state index in [4.69, 9.17) is 33.7 Å². The van der Waals surface area contributed by atoms with E-state index in [-0.39, 0.29) is 44.4 Å². The highest BCUT2D eigenvalue weighted by Crippen LogP contribution is 2.42. The number of nitrogens with zero attached hydrogens (tertiary/aromatic N) is 2. The Morgan fingerprint density at radius 3 is 1.76 bits per heavy atom. The average molecular weight is 764 g/mol. The van der Waals surface area contributed by atoms with E-state index in [1.54, 1.807) is 31.3 Å². The second-order valence-electron chi connectivity index (χ2n) is 11.1. The van der Waals surface area contributed by atoms with Gasteiger partial charge in [-0.25, -0.2) is 9.59 Å². The molecule has 0 saturated carbocycles. The number of benzene rings is 2.